The predicted octanol–water partition coefficient (Wildman–Crippen LogP) is 14.4. The predicted molar refractivity (Wildman–Crippen MR) is 256 cm³/mol. The molecule has 290 valence electrons. The van der Waals surface area contributed by atoms with Crippen LogP contribution in [0.4, 0.5) is 0 Å². The van der Waals surface area contributed by atoms with E-state index >= 15 is 0 Å². The monoisotopic (exact) mass is 791 g/mol. The summed E-state index contributed by atoms with van der Waals surface area (Å²) < 4.78 is 4.67. The van der Waals surface area contributed by atoms with E-state index in [-0.39, 0.29) is 0 Å². The number of hydrogen-bond donors (Lipinski definition) is 0. The maximum Gasteiger partial charge on any atom is 0.164 e. The van der Waals surface area contributed by atoms with Crippen LogP contribution in [0.15, 0.2) is 224 Å². The van der Waals surface area contributed by atoms with Gasteiger partial charge in [-0.2, -0.15) is 0 Å². The lowest BCUT2D eigenvalue weighted by atomic mass is 9.95. The van der Waals surface area contributed by atoms with Gasteiger partial charge in [-0.05, 0) is 89.0 Å². The van der Waals surface area contributed by atoms with Crippen molar-refractivity contribution in [2.75, 3.05) is 0 Å². The fourth-order valence-electron chi connectivity index (χ4n) is 9.11. The van der Waals surface area contributed by atoms with E-state index in [1.807, 2.05) is 0 Å². The van der Waals surface area contributed by atoms with Crippen LogP contribution in [0.3, 0.4) is 0 Å². The molecule has 0 amide bonds. The fourth-order valence-corrected chi connectivity index (χ4v) is 9.11. The Morgan fingerprint density at radius 2 is 0.710 bits per heavy atom. The van der Waals surface area contributed by atoms with Crippen LogP contribution in [-0.4, -0.2) is 24.1 Å². The second-order valence-electron chi connectivity index (χ2n) is 15.6. The van der Waals surface area contributed by atoms with Gasteiger partial charge in [-0.15, -0.1) is 0 Å². The number of aromatic nitrogens is 5. The van der Waals surface area contributed by atoms with Gasteiger partial charge < -0.3 is 9.13 Å². The van der Waals surface area contributed by atoms with Crippen molar-refractivity contribution in [1.29, 1.82) is 0 Å². The highest BCUT2D eigenvalue weighted by atomic mass is 15.0. The molecule has 3 heterocycles. The van der Waals surface area contributed by atoms with Crippen LogP contribution in [-0.2, 0) is 0 Å². The Labute approximate surface area is 358 Å². The molecule has 0 aliphatic rings. The molecule has 0 atom stereocenters. The lowest BCUT2D eigenvalue weighted by Crippen LogP contribution is -2.01. The molecule has 0 saturated carbocycles. The third-order valence-corrected chi connectivity index (χ3v) is 12.0. The van der Waals surface area contributed by atoms with Gasteiger partial charge >= 0.3 is 0 Å². The summed E-state index contributed by atoms with van der Waals surface area (Å²) in [7, 11) is 0. The third-order valence-electron chi connectivity index (χ3n) is 12.0. The topological polar surface area (TPSA) is 48.5 Å². The molecule has 5 heteroatoms. The Hall–Kier alpha value is -8.41. The van der Waals surface area contributed by atoms with E-state index < -0.39 is 0 Å². The van der Waals surface area contributed by atoms with Crippen molar-refractivity contribution in [2.24, 2.45) is 0 Å². The van der Waals surface area contributed by atoms with Crippen molar-refractivity contribution in [3.63, 3.8) is 0 Å². The van der Waals surface area contributed by atoms with E-state index in [1.165, 1.54) is 21.7 Å². The molecular formula is C57H37N5. The first kappa shape index (κ1) is 35.5. The fraction of sp³-hybridized carbons (Fsp3) is 0. The highest BCUT2D eigenvalue weighted by Crippen LogP contribution is 2.39. The van der Waals surface area contributed by atoms with Gasteiger partial charge in [-0.1, -0.05) is 158 Å². The molecule has 62 heavy (non-hydrogen) atoms. The zero-order chi connectivity index (χ0) is 41.0. The summed E-state index contributed by atoms with van der Waals surface area (Å²) >= 11 is 0. The van der Waals surface area contributed by atoms with E-state index in [4.69, 9.17) is 15.0 Å². The van der Waals surface area contributed by atoms with Crippen molar-refractivity contribution in [1.82, 2.24) is 24.1 Å². The summed E-state index contributed by atoms with van der Waals surface area (Å²) in [5.74, 6) is 1.83. The zero-order valence-corrected chi connectivity index (χ0v) is 33.6. The first-order valence-electron chi connectivity index (χ1n) is 20.9. The molecule has 12 aromatic rings. The smallest absolute Gasteiger partial charge is 0.164 e. The van der Waals surface area contributed by atoms with Crippen molar-refractivity contribution in [3.05, 3.63) is 224 Å². The average molecular weight is 792 g/mol. The Bertz CT molecular complexity index is 3620. The molecule has 0 fully saturated rings. The standard InChI is InChI=1S/C57H37N5/c1-4-17-38(18-5-1)39-19-16-20-40(35-39)45-25-10-11-28-49(45)57-59-55(41-32-34-53-50(36-41)47-27-13-15-30-52(47)61(53)43-21-6-2-7-22-43)58-56(60-57)42-31-33-48-46-26-12-14-29-51(46)62(54(48)37-42)44-23-8-3-9-24-44/h1-37H. The van der Waals surface area contributed by atoms with Gasteiger partial charge in [0.1, 0.15) is 0 Å². The second kappa shape index (κ2) is 14.7. The summed E-state index contributed by atoms with van der Waals surface area (Å²) in [5.41, 5.74) is 14.0. The van der Waals surface area contributed by atoms with Gasteiger partial charge in [-0.25, -0.2) is 15.0 Å². The number of nitrogens with zero attached hydrogens (tertiary/aromatic N) is 5. The minimum Gasteiger partial charge on any atom is -0.309 e. The first-order chi connectivity index (χ1) is 30.7. The van der Waals surface area contributed by atoms with Crippen molar-refractivity contribution >= 4 is 43.6 Å². The molecule has 0 aliphatic carbocycles. The van der Waals surface area contributed by atoms with Gasteiger partial charge in [-0.3, -0.25) is 0 Å². The molecular weight excluding hydrogens is 755 g/mol. The Kier molecular flexibility index (Phi) is 8.42. The van der Waals surface area contributed by atoms with Crippen LogP contribution in [0, 0.1) is 0 Å². The van der Waals surface area contributed by atoms with Crippen LogP contribution in [0.5, 0.6) is 0 Å². The molecule has 3 aromatic heterocycles. The average Bonchev–Trinajstić information content (AvgIpc) is 3.87. The number of benzene rings is 9. The van der Waals surface area contributed by atoms with E-state index in [0.29, 0.717) is 17.5 Å². The molecule has 0 aliphatic heterocycles. The minimum atomic E-state index is 0.608. The quantitative estimate of drug-likeness (QED) is 0.162. The lowest BCUT2D eigenvalue weighted by molar-refractivity contribution is 1.07. The maximum absolute atomic E-state index is 5.35. The van der Waals surface area contributed by atoms with Crippen LogP contribution < -0.4 is 0 Å². The summed E-state index contributed by atoms with van der Waals surface area (Å²) in [5, 5.41) is 4.68. The van der Waals surface area contributed by atoms with E-state index in [2.05, 4.69) is 234 Å². The highest BCUT2D eigenvalue weighted by molar-refractivity contribution is 6.11. The van der Waals surface area contributed by atoms with Crippen molar-refractivity contribution in [3.8, 4) is 67.8 Å². The zero-order valence-electron chi connectivity index (χ0n) is 33.6. The van der Waals surface area contributed by atoms with Gasteiger partial charge in [0.15, 0.2) is 17.5 Å². The molecule has 0 spiro atoms. The molecule has 12 rings (SSSR count). The number of para-hydroxylation sites is 4. The van der Waals surface area contributed by atoms with Gasteiger partial charge in [0.05, 0.1) is 22.1 Å². The molecule has 9 aromatic carbocycles. The van der Waals surface area contributed by atoms with Crippen molar-refractivity contribution < 1.29 is 0 Å². The molecule has 0 saturated heterocycles. The molecule has 0 unspecified atom stereocenters. The largest absolute Gasteiger partial charge is 0.309 e. The second-order valence-corrected chi connectivity index (χ2v) is 15.6. The van der Waals surface area contributed by atoms with Crippen molar-refractivity contribution in [2.45, 2.75) is 0 Å². The summed E-state index contributed by atoms with van der Waals surface area (Å²) in [6.07, 6.45) is 0. The summed E-state index contributed by atoms with van der Waals surface area (Å²) in [4.78, 5) is 16.0. The number of hydrogen-bond acceptors (Lipinski definition) is 3. The van der Waals surface area contributed by atoms with E-state index in [9.17, 15) is 0 Å². The Morgan fingerprint density at radius 1 is 0.242 bits per heavy atom. The summed E-state index contributed by atoms with van der Waals surface area (Å²) in [6, 6.07) is 79.2. The molecule has 0 bridgehead atoms. The third kappa shape index (κ3) is 5.98. The number of fused-ring (bicyclic) bond motifs is 6. The number of rotatable bonds is 7. The normalized spacial score (nSPS) is 11.5. The highest BCUT2D eigenvalue weighted by Gasteiger charge is 2.20. The van der Waals surface area contributed by atoms with Crippen LogP contribution in [0.25, 0.3) is 111 Å². The van der Waals surface area contributed by atoms with Gasteiger partial charge in [0.2, 0.25) is 0 Å². The van der Waals surface area contributed by atoms with E-state index in [1.54, 1.807) is 0 Å². The molecule has 0 N–H and O–H groups in total. The molecule has 5 nitrogen and oxygen atoms in total. The first-order valence-corrected chi connectivity index (χ1v) is 20.9. The Balaban J connectivity index is 1.09. The maximum atomic E-state index is 5.35. The Morgan fingerprint density at radius 3 is 1.40 bits per heavy atom. The van der Waals surface area contributed by atoms with Crippen LogP contribution in [0.1, 0.15) is 0 Å². The molecule has 0 radical (unpaired) electrons. The van der Waals surface area contributed by atoms with E-state index in [0.717, 1.165) is 72.2 Å². The van der Waals surface area contributed by atoms with Crippen LogP contribution in [0.2, 0.25) is 0 Å². The van der Waals surface area contributed by atoms with Crippen LogP contribution >= 0.6 is 0 Å². The van der Waals surface area contributed by atoms with Gasteiger partial charge in [0, 0.05) is 49.6 Å². The van der Waals surface area contributed by atoms with Gasteiger partial charge in [0.25, 0.3) is 0 Å². The SMILES string of the molecule is c1ccc(-c2cccc(-c3ccccc3-c3nc(-c4ccc5c(c4)c4ccccc4n5-c4ccccc4)nc(-c4ccc5c6ccccc6n(-c6ccccc6)c5c4)n3)c2)cc1. The summed E-state index contributed by atoms with van der Waals surface area (Å²) in [6.45, 7) is 0. The lowest BCUT2D eigenvalue weighted by Gasteiger charge is -2.13. The minimum absolute atomic E-state index is 0.608.